The molecule has 4 aliphatic rings. The average Bonchev–Trinajstić information content (AvgIpc) is 3.36. The van der Waals surface area contributed by atoms with Crippen LogP contribution < -0.4 is 5.32 Å². The smallest absolute Gasteiger partial charge is 0.246 e. The molecule has 2 amide bonds. The number of fused-ring (bicyclic) bond motifs is 2. The second-order valence-corrected chi connectivity index (χ2v) is 11.0. The quantitative estimate of drug-likeness (QED) is 0.550. The van der Waals surface area contributed by atoms with E-state index in [0.717, 1.165) is 60.7 Å². The molecule has 2 aromatic heterocycles. The highest BCUT2D eigenvalue weighted by molar-refractivity contribution is 6.00. The van der Waals surface area contributed by atoms with Crippen LogP contribution in [0.4, 0.5) is 0 Å². The number of hydroxylamine groups is 2. The van der Waals surface area contributed by atoms with E-state index in [1.165, 1.54) is 18.4 Å². The van der Waals surface area contributed by atoms with Crippen LogP contribution in [0.25, 0.3) is 16.8 Å². The first-order chi connectivity index (χ1) is 18.1. The molecule has 0 radical (unpaired) electrons. The Kier molecular flexibility index (Phi) is 5.62. The molecule has 3 fully saturated rings. The number of ether oxygens (including phenoxy) is 1. The fourth-order valence-corrected chi connectivity index (χ4v) is 6.12. The van der Waals surface area contributed by atoms with Gasteiger partial charge in [0.1, 0.15) is 6.04 Å². The lowest BCUT2D eigenvalue weighted by molar-refractivity contribution is -0.216. The molecule has 3 aromatic rings. The van der Waals surface area contributed by atoms with E-state index in [9.17, 15) is 9.59 Å². The Bertz CT molecular complexity index is 1370. The van der Waals surface area contributed by atoms with Crippen LogP contribution in [0.3, 0.4) is 0 Å². The Hall–Kier alpha value is -3.11. The van der Waals surface area contributed by atoms with Crippen molar-refractivity contribution in [2.75, 3.05) is 26.3 Å². The monoisotopic (exact) mass is 501 g/mol. The Morgan fingerprint density at radius 3 is 2.73 bits per heavy atom. The highest BCUT2D eigenvalue weighted by atomic mass is 16.7. The number of rotatable bonds is 4. The minimum atomic E-state index is -0.451. The van der Waals surface area contributed by atoms with Crippen molar-refractivity contribution in [3.63, 3.8) is 0 Å². The van der Waals surface area contributed by atoms with Gasteiger partial charge in [-0.25, -0.2) is 4.98 Å². The summed E-state index contributed by atoms with van der Waals surface area (Å²) in [6, 6.07) is 10.5. The molecule has 1 aromatic carbocycles. The number of carbonyl (C=O) groups is 2. The van der Waals surface area contributed by atoms with Crippen molar-refractivity contribution in [3.8, 4) is 11.3 Å². The van der Waals surface area contributed by atoms with Crippen molar-refractivity contribution in [3.05, 3.63) is 59.5 Å². The number of piperidine rings is 2. The summed E-state index contributed by atoms with van der Waals surface area (Å²) in [5.41, 5.74) is 7.27. The molecular formula is C28H31N5O4. The fraction of sp³-hybridized carbons (Fsp3) is 0.464. The molecule has 1 N–H and O–H groups in total. The van der Waals surface area contributed by atoms with E-state index in [1.54, 1.807) is 5.06 Å². The van der Waals surface area contributed by atoms with Gasteiger partial charge < -0.3 is 4.74 Å². The van der Waals surface area contributed by atoms with Crippen LogP contribution in [0.1, 0.15) is 42.4 Å². The summed E-state index contributed by atoms with van der Waals surface area (Å²) in [5, 5.41) is 4.17. The van der Waals surface area contributed by atoms with Crippen molar-refractivity contribution >= 4 is 17.3 Å². The molecule has 0 saturated carbocycles. The van der Waals surface area contributed by atoms with E-state index in [0.29, 0.717) is 31.4 Å². The van der Waals surface area contributed by atoms with E-state index >= 15 is 0 Å². The lowest BCUT2D eigenvalue weighted by Crippen LogP contribution is -2.52. The van der Waals surface area contributed by atoms with Crippen LogP contribution in [0.15, 0.2) is 42.9 Å². The predicted octanol–water partition coefficient (Wildman–Crippen LogP) is 2.67. The van der Waals surface area contributed by atoms with Crippen LogP contribution in [-0.2, 0) is 38.9 Å². The third-order valence-electron chi connectivity index (χ3n) is 8.49. The van der Waals surface area contributed by atoms with Crippen molar-refractivity contribution in [2.24, 2.45) is 5.41 Å². The van der Waals surface area contributed by atoms with Gasteiger partial charge in [0.15, 0.2) is 0 Å². The van der Waals surface area contributed by atoms with Gasteiger partial charge in [0, 0.05) is 18.4 Å². The molecule has 0 bridgehead atoms. The highest BCUT2D eigenvalue weighted by Crippen LogP contribution is 2.39. The molecule has 37 heavy (non-hydrogen) atoms. The Morgan fingerprint density at radius 2 is 1.95 bits per heavy atom. The third-order valence-corrected chi connectivity index (χ3v) is 8.49. The minimum absolute atomic E-state index is 0.216. The van der Waals surface area contributed by atoms with Gasteiger partial charge in [0.05, 0.1) is 50.1 Å². The van der Waals surface area contributed by atoms with Gasteiger partial charge in [-0.2, -0.15) is 5.06 Å². The maximum Gasteiger partial charge on any atom is 0.246 e. The molecular weight excluding hydrogens is 470 g/mol. The number of hydrogen-bond acceptors (Lipinski definition) is 7. The van der Waals surface area contributed by atoms with Crippen molar-refractivity contribution < 1.29 is 19.2 Å². The summed E-state index contributed by atoms with van der Waals surface area (Å²) in [6.45, 7) is 5.91. The number of pyridine rings is 1. The zero-order valence-corrected chi connectivity index (χ0v) is 20.8. The lowest BCUT2D eigenvalue weighted by atomic mass is 9.77. The fourth-order valence-electron chi connectivity index (χ4n) is 6.12. The zero-order valence-electron chi connectivity index (χ0n) is 20.8. The van der Waals surface area contributed by atoms with Gasteiger partial charge in [-0.15, -0.1) is 0 Å². The van der Waals surface area contributed by atoms with Crippen LogP contribution in [0.5, 0.6) is 0 Å². The Labute approximate surface area is 215 Å². The molecule has 192 valence electrons. The first-order valence-electron chi connectivity index (χ1n) is 13.2. The van der Waals surface area contributed by atoms with E-state index in [2.05, 4.69) is 49.9 Å². The van der Waals surface area contributed by atoms with Crippen LogP contribution in [0.2, 0.25) is 0 Å². The Balaban J connectivity index is 1.14. The summed E-state index contributed by atoms with van der Waals surface area (Å²) < 4.78 is 7.63. The van der Waals surface area contributed by atoms with E-state index in [4.69, 9.17) is 9.57 Å². The highest BCUT2D eigenvalue weighted by Gasteiger charge is 2.41. The number of nitrogens with one attached hydrogen (secondary N) is 1. The number of imide groups is 1. The number of aromatic nitrogens is 2. The molecule has 6 heterocycles. The SMILES string of the molecule is O=C1CCC(N2Cc3cc(-c4cc(CN5CCC6(CC5)COC6)cc5cncn45)ccc3CO2)C(=O)N1. The van der Waals surface area contributed by atoms with E-state index < -0.39 is 6.04 Å². The number of likely N-dealkylation sites (tertiary alicyclic amines) is 1. The van der Waals surface area contributed by atoms with Gasteiger partial charge in [-0.3, -0.25) is 29.0 Å². The third kappa shape index (κ3) is 4.25. The largest absolute Gasteiger partial charge is 0.380 e. The van der Waals surface area contributed by atoms with E-state index in [1.807, 2.05) is 12.5 Å². The number of imidazole rings is 1. The van der Waals surface area contributed by atoms with Gasteiger partial charge in [0.25, 0.3) is 0 Å². The normalized spacial score (nSPS) is 24.2. The zero-order chi connectivity index (χ0) is 25.0. The van der Waals surface area contributed by atoms with Crippen molar-refractivity contribution in [2.45, 2.75) is 51.4 Å². The van der Waals surface area contributed by atoms with Gasteiger partial charge in [0.2, 0.25) is 11.8 Å². The molecule has 7 rings (SSSR count). The van der Waals surface area contributed by atoms with Gasteiger partial charge >= 0.3 is 0 Å². The molecule has 1 spiro atoms. The summed E-state index contributed by atoms with van der Waals surface area (Å²) in [6.07, 6.45) is 7.02. The van der Waals surface area contributed by atoms with Gasteiger partial charge in [-0.05, 0) is 72.8 Å². The molecule has 9 nitrogen and oxygen atoms in total. The molecule has 1 unspecified atom stereocenters. The van der Waals surface area contributed by atoms with E-state index in [-0.39, 0.29) is 11.8 Å². The number of carbonyl (C=O) groups excluding carboxylic acids is 2. The second-order valence-electron chi connectivity index (χ2n) is 11.0. The molecule has 9 heteroatoms. The molecule has 0 aliphatic carbocycles. The number of hydrogen-bond donors (Lipinski definition) is 1. The first-order valence-corrected chi connectivity index (χ1v) is 13.2. The maximum absolute atomic E-state index is 12.4. The standard InChI is InChI=1S/C28H31N5O4/c34-26-4-3-24(27(35)30-26)33-14-22-11-20(1-2-21(22)15-37-33)25-10-19(9-23-12-29-18-32(23)25)13-31-7-5-28(6-8-31)16-36-17-28/h1-2,9-12,18,24H,3-8,13-17H2,(H,30,34,35). The number of benzene rings is 1. The maximum atomic E-state index is 12.4. The number of nitrogens with zero attached hydrogens (tertiary/aromatic N) is 4. The predicted molar refractivity (Wildman–Crippen MR) is 135 cm³/mol. The topological polar surface area (TPSA) is 88.4 Å². The molecule has 3 saturated heterocycles. The summed E-state index contributed by atoms with van der Waals surface area (Å²) >= 11 is 0. The first kappa shape index (κ1) is 23.0. The summed E-state index contributed by atoms with van der Waals surface area (Å²) in [7, 11) is 0. The van der Waals surface area contributed by atoms with Crippen molar-refractivity contribution in [1.29, 1.82) is 0 Å². The summed E-state index contributed by atoms with van der Waals surface area (Å²) in [4.78, 5) is 36.9. The van der Waals surface area contributed by atoms with Crippen LogP contribution in [-0.4, -0.2) is 63.5 Å². The molecule has 1 atom stereocenters. The Morgan fingerprint density at radius 1 is 1.08 bits per heavy atom. The van der Waals surface area contributed by atoms with Gasteiger partial charge in [-0.1, -0.05) is 12.1 Å². The number of amides is 2. The van der Waals surface area contributed by atoms with Crippen molar-refractivity contribution in [1.82, 2.24) is 24.7 Å². The second kappa shape index (κ2) is 9.02. The summed E-state index contributed by atoms with van der Waals surface area (Å²) in [5.74, 6) is -0.497. The average molecular weight is 502 g/mol. The van der Waals surface area contributed by atoms with Crippen LogP contribution in [0, 0.1) is 5.41 Å². The minimum Gasteiger partial charge on any atom is -0.380 e. The lowest BCUT2D eigenvalue weighted by Gasteiger charge is -2.47. The van der Waals surface area contributed by atoms with Crippen LogP contribution >= 0.6 is 0 Å². The molecule has 4 aliphatic heterocycles.